The van der Waals surface area contributed by atoms with Gasteiger partial charge < -0.3 is 10.6 Å². The van der Waals surface area contributed by atoms with Crippen molar-refractivity contribution in [1.82, 2.24) is 10.6 Å². The monoisotopic (exact) mass is 459 g/mol. The zero-order valence-corrected chi connectivity index (χ0v) is 17.8. The molecule has 2 N–H and O–H groups in total. The molecule has 0 bridgehead atoms. The van der Waals surface area contributed by atoms with E-state index < -0.39 is 0 Å². The molecule has 3 rings (SSSR count). The van der Waals surface area contributed by atoms with E-state index in [2.05, 4.69) is 54.1 Å². The fourth-order valence-electron chi connectivity index (χ4n) is 3.57. The highest BCUT2D eigenvalue weighted by atomic mass is 127. The van der Waals surface area contributed by atoms with Crippen LogP contribution in [0.1, 0.15) is 44.1 Å². The number of hydrogen-bond donors (Lipinski definition) is 2. The largest absolute Gasteiger partial charge is 0.357 e. The second kappa shape index (κ2) is 9.90. The van der Waals surface area contributed by atoms with Crippen LogP contribution in [0, 0.1) is 5.92 Å². The number of aliphatic imine (C=N–C) groups is 1. The van der Waals surface area contributed by atoms with E-state index in [1.807, 2.05) is 11.8 Å². The van der Waals surface area contributed by atoms with Gasteiger partial charge in [-0.2, -0.15) is 11.8 Å². The zero-order valence-electron chi connectivity index (χ0n) is 14.7. The first-order chi connectivity index (χ1) is 11.3. The molecular weight excluding hydrogens is 429 g/mol. The van der Waals surface area contributed by atoms with Gasteiger partial charge in [-0.25, -0.2) is 0 Å². The molecule has 1 aromatic rings. The van der Waals surface area contributed by atoms with Gasteiger partial charge in [-0.05, 0) is 56.3 Å². The third-order valence-electron chi connectivity index (χ3n) is 5.04. The lowest BCUT2D eigenvalue weighted by atomic mass is 10.1. The lowest BCUT2D eigenvalue weighted by Crippen LogP contribution is -2.42. The van der Waals surface area contributed by atoms with Crippen molar-refractivity contribution in [2.24, 2.45) is 10.9 Å². The van der Waals surface area contributed by atoms with Crippen LogP contribution in [0.3, 0.4) is 0 Å². The molecule has 5 heteroatoms. The molecular formula is C19H30IN3S. The van der Waals surface area contributed by atoms with Crippen molar-refractivity contribution >= 4 is 41.7 Å². The summed E-state index contributed by atoms with van der Waals surface area (Å²) in [5.41, 5.74) is 1.48. The zero-order chi connectivity index (χ0) is 16.1. The lowest BCUT2D eigenvalue weighted by molar-refractivity contribution is 0.613. The molecule has 2 saturated carbocycles. The Morgan fingerprint density at radius 2 is 2.00 bits per heavy atom. The third kappa shape index (κ3) is 5.55. The normalized spacial score (nSPS) is 29.0. The van der Waals surface area contributed by atoms with Crippen molar-refractivity contribution in [3.05, 3.63) is 35.9 Å². The van der Waals surface area contributed by atoms with Gasteiger partial charge in [-0.15, -0.1) is 24.0 Å². The minimum absolute atomic E-state index is 0. The van der Waals surface area contributed by atoms with Crippen LogP contribution in [0.2, 0.25) is 0 Å². The molecule has 0 aromatic heterocycles. The summed E-state index contributed by atoms with van der Waals surface area (Å²) in [4.78, 5) is 4.85. The number of benzene rings is 1. The molecule has 2 aliphatic carbocycles. The number of guanidine groups is 1. The van der Waals surface area contributed by atoms with Gasteiger partial charge in [-0.3, -0.25) is 4.99 Å². The van der Waals surface area contributed by atoms with E-state index >= 15 is 0 Å². The van der Waals surface area contributed by atoms with E-state index in [1.54, 1.807) is 0 Å². The van der Waals surface area contributed by atoms with E-state index in [0.29, 0.717) is 6.04 Å². The summed E-state index contributed by atoms with van der Waals surface area (Å²) in [6.45, 7) is 4.01. The van der Waals surface area contributed by atoms with E-state index in [-0.39, 0.29) is 24.0 Å². The van der Waals surface area contributed by atoms with Crippen molar-refractivity contribution in [3.63, 3.8) is 0 Å². The van der Waals surface area contributed by atoms with Gasteiger partial charge >= 0.3 is 0 Å². The van der Waals surface area contributed by atoms with Gasteiger partial charge in [-0.1, -0.05) is 30.3 Å². The van der Waals surface area contributed by atoms with Crippen LogP contribution < -0.4 is 10.6 Å². The van der Waals surface area contributed by atoms with E-state index in [1.165, 1.54) is 31.2 Å². The molecule has 134 valence electrons. The predicted molar refractivity (Wildman–Crippen MR) is 117 cm³/mol. The Kier molecular flexibility index (Phi) is 8.20. The Morgan fingerprint density at radius 3 is 2.67 bits per heavy atom. The molecule has 0 spiro atoms. The highest BCUT2D eigenvalue weighted by Gasteiger charge is 2.37. The molecule has 4 atom stereocenters. The number of thioether (sulfide) groups is 1. The molecule has 3 nitrogen and oxygen atoms in total. The van der Waals surface area contributed by atoms with Crippen molar-refractivity contribution in [3.8, 4) is 0 Å². The second-order valence-electron chi connectivity index (χ2n) is 6.74. The van der Waals surface area contributed by atoms with Crippen LogP contribution in [-0.4, -0.2) is 36.6 Å². The fraction of sp³-hybridized carbons (Fsp3) is 0.632. The molecule has 0 amide bonds. The van der Waals surface area contributed by atoms with Gasteiger partial charge in [0.1, 0.15) is 0 Å². The second-order valence-corrected chi connectivity index (χ2v) is 7.88. The molecule has 0 radical (unpaired) electrons. The first-order valence-electron chi connectivity index (χ1n) is 8.92. The van der Waals surface area contributed by atoms with E-state index in [9.17, 15) is 0 Å². The Hall–Kier alpha value is -0.430. The summed E-state index contributed by atoms with van der Waals surface area (Å²) in [7, 11) is 0. The fourth-order valence-corrected chi connectivity index (χ4v) is 4.36. The number of nitrogens with one attached hydrogen (secondary N) is 2. The van der Waals surface area contributed by atoms with Crippen LogP contribution in [0.25, 0.3) is 0 Å². The average molecular weight is 459 g/mol. The Morgan fingerprint density at radius 1 is 1.21 bits per heavy atom. The van der Waals surface area contributed by atoms with Crippen LogP contribution in [0.4, 0.5) is 0 Å². The SMILES string of the molecule is CCNC(=NCC1CC1c1ccccc1)NC1CCC(SC)C1.I. The van der Waals surface area contributed by atoms with Crippen molar-refractivity contribution in [2.75, 3.05) is 19.3 Å². The number of rotatable bonds is 6. The molecule has 4 unspecified atom stereocenters. The first kappa shape index (κ1) is 19.9. The number of nitrogens with zero attached hydrogens (tertiary/aromatic N) is 1. The van der Waals surface area contributed by atoms with E-state index in [0.717, 1.165) is 36.1 Å². The molecule has 1 aromatic carbocycles. The Balaban J connectivity index is 0.00000208. The van der Waals surface area contributed by atoms with Gasteiger partial charge in [0, 0.05) is 24.4 Å². The van der Waals surface area contributed by atoms with Gasteiger partial charge in [0.2, 0.25) is 0 Å². The average Bonchev–Trinajstić information content (AvgIpc) is 3.23. The molecule has 0 aliphatic heterocycles. The van der Waals surface area contributed by atoms with E-state index in [4.69, 9.17) is 4.99 Å². The maximum atomic E-state index is 4.85. The lowest BCUT2D eigenvalue weighted by Gasteiger charge is -2.17. The first-order valence-corrected chi connectivity index (χ1v) is 10.2. The maximum Gasteiger partial charge on any atom is 0.191 e. The van der Waals surface area contributed by atoms with Crippen molar-refractivity contribution in [1.29, 1.82) is 0 Å². The summed E-state index contributed by atoms with van der Waals surface area (Å²) in [6, 6.07) is 11.5. The minimum Gasteiger partial charge on any atom is -0.357 e. The molecule has 24 heavy (non-hydrogen) atoms. The van der Waals surface area contributed by atoms with Crippen LogP contribution in [0.5, 0.6) is 0 Å². The highest BCUT2D eigenvalue weighted by Crippen LogP contribution is 2.47. The topological polar surface area (TPSA) is 36.4 Å². The van der Waals surface area contributed by atoms with Crippen LogP contribution in [-0.2, 0) is 0 Å². The maximum absolute atomic E-state index is 4.85. The summed E-state index contributed by atoms with van der Waals surface area (Å²) < 4.78 is 0. The van der Waals surface area contributed by atoms with Crippen LogP contribution in [0.15, 0.2) is 35.3 Å². The quantitative estimate of drug-likeness (QED) is 0.380. The Labute approximate surface area is 167 Å². The van der Waals surface area contributed by atoms with Gasteiger partial charge in [0.05, 0.1) is 0 Å². The molecule has 2 fully saturated rings. The summed E-state index contributed by atoms with van der Waals surface area (Å²) >= 11 is 2.00. The Bertz CT molecular complexity index is 523. The summed E-state index contributed by atoms with van der Waals surface area (Å²) in [6.07, 6.45) is 7.37. The van der Waals surface area contributed by atoms with Crippen molar-refractivity contribution in [2.45, 2.75) is 49.8 Å². The van der Waals surface area contributed by atoms with Gasteiger partial charge in [0.25, 0.3) is 0 Å². The highest BCUT2D eigenvalue weighted by molar-refractivity contribution is 14.0. The third-order valence-corrected chi connectivity index (χ3v) is 6.13. The van der Waals surface area contributed by atoms with Gasteiger partial charge in [0.15, 0.2) is 5.96 Å². The van der Waals surface area contributed by atoms with Crippen LogP contribution >= 0.6 is 35.7 Å². The standard InChI is InChI=1S/C19H29N3S.HI/c1-3-20-19(22-16-9-10-17(12-16)23-2)21-13-15-11-18(15)14-7-5-4-6-8-14;/h4-8,15-18H,3,9-13H2,1-2H3,(H2,20,21,22);1H. The van der Waals surface area contributed by atoms with Crippen molar-refractivity contribution < 1.29 is 0 Å². The molecule has 0 saturated heterocycles. The summed E-state index contributed by atoms with van der Waals surface area (Å²) in [5.74, 6) is 2.45. The number of halogens is 1. The molecule has 2 aliphatic rings. The molecule has 0 heterocycles. The number of hydrogen-bond acceptors (Lipinski definition) is 2. The summed E-state index contributed by atoms with van der Waals surface area (Å²) in [5, 5.41) is 7.88. The smallest absolute Gasteiger partial charge is 0.191 e. The predicted octanol–water partition coefficient (Wildman–Crippen LogP) is 4.25. The minimum atomic E-state index is 0.